The molecule has 15 heavy (non-hydrogen) atoms. The normalized spacial score (nSPS) is 11.8. The maximum Gasteiger partial charge on any atom is 0.488 e. The second-order valence-corrected chi connectivity index (χ2v) is 3.56. The molecule has 2 rings (SSSR count). The van der Waals surface area contributed by atoms with Gasteiger partial charge in [-0.3, -0.25) is 0 Å². The minimum Gasteiger partial charge on any atom is -0.366 e. The molecule has 0 aliphatic carbocycles. The number of hydrogen-bond donors (Lipinski definition) is 1. The number of nitrogens with two attached hydrogens (primary N) is 1. The van der Waals surface area contributed by atoms with Gasteiger partial charge in [0.15, 0.2) is 11.4 Å². The molecule has 0 saturated carbocycles. The van der Waals surface area contributed by atoms with Gasteiger partial charge in [0.25, 0.3) is 0 Å². The highest BCUT2D eigenvalue weighted by Crippen LogP contribution is 2.15. The molecule has 0 amide bonds. The summed E-state index contributed by atoms with van der Waals surface area (Å²) in [5.41, 5.74) is 5.55. The number of anilines is 1. The van der Waals surface area contributed by atoms with Crippen LogP contribution in [-0.4, -0.2) is 23.0 Å². The van der Waals surface area contributed by atoms with E-state index in [4.69, 9.17) is 5.73 Å². The molecule has 0 unspecified atom stereocenters. The number of halogens is 1. The first kappa shape index (κ1) is 9.65. The van der Waals surface area contributed by atoms with Gasteiger partial charge in [0.1, 0.15) is 0 Å². The van der Waals surface area contributed by atoms with E-state index < -0.39 is 10.5 Å². The smallest absolute Gasteiger partial charge is 0.366 e. The summed E-state index contributed by atoms with van der Waals surface area (Å²) in [6.45, 7) is 0. The molecule has 2 N–H and O–H groups in total. The molecule has 2 aromatic heterocycles. The molecule has 0 aliphatic rings. The van der Waals surface area contributed by atoms with Crippen LogP contribution < -0.4 is 9.92 Å². The first-order valence-electron chi connectivity index (χ1n) is 3.70. The average molecular weight is 232 g/mol. The van der Waals surface area contributed by atoms with Gasteiger partial charge in [0.2, 0.25) is 5.95 Å². The fraction of sp³-hybridized carbons (Fsp3) is 0. The first-order chi connectivity index (χ1) is 6.94. The molecular weight excluding hydrogens is 227 g/mol. The maximum absolute atomic E-state index is 12.2. The lowest BCUT2D eigenvalue weighted by Gasteiger charge is -1.98. The highest BCUT2D eigenvalue weighted by atomic mass is 32.3. The van der Waals surface area contributed by atoms with Crippen LogP contribution in [-0.2, 0) is 10.5 Å². The van der Waals surface area contributed by atoms with Gasteiger partial charge in [-0.15, -0.1) is 5.10 Å². The quantitative estimate of drug-likeness (QED) is 0.726. The van der Waals surface area contributed by atoms with Crippen molar-refractivity contribution in [2.75, 3.05) is 5.73 Å². The van der Waals surface area contributed by atoms with Gasteiger partial charge in [-0.1, -0.05) is 3.89 Å². The highest BCUT2D eigenvalue weighted by molar-refractivity contribution is 7.81. The zero-order valence-electron chi connectivity index (χ0n) is 7.16. The van der Waals surface area contributed by atoms with Crippen molar-refractivity contribution < 1.29 is 16.5 Å². The van der Waals surface area contributed by atoms with E-state index in [1.807, 2.05) is 0 Å². The van der Waals surface area contributed by atoms with Crippen LogP contribution in [0, 0.1) is 0 Å². The van der Waals surface area contributed by atoms with E-state index in [0.717, 1.165) is 0 Å². The van der Waals surface area contributed by atoms with E-state index in [2.05, 4.69) is 14.3 Å². The van der Waals surface area contributed by atoms with Crippen molar-refractivity contribution in [2.45, 2.75) is 0 Å². The Morgan fingerprint density at radius 1 is 1.53 bits per heavy atom. The lowest BCUT2D eigenvalue weighted by Crippen LogP contribution is -2.01. The zero-order valence-corrected chi connectivity index (χ0v) is 7.98. The molecule has 0 bridgehead atoms. The largest absolute Gasteiger partial charge is 0.488 e. The monoisotopic (exact) mass is 232 g/mol. The van der Waals surface area contributed by atoms with Crippen molar-refractivity contribution in [3.63, 3.8) is 0 Å². The zero-order chi connectivity index (χ0) is 11.1. The fourth-order valence-electron chi connectivity index (χ4n) is 1.05. The molecule has 0 aromatic carbocycles. The number of fused-ring (bicyclic) bond motifs is 1. The Hall–Kier alpha value is -1.90. The van der Waals surface area contributed by atoms with Crippen LogP contribution in [0.15, 0.2) is 18.3 Å². The Morgan fingerprint density at radius 2 is 2.27 bits per heavy atom. The Bertz CT molecular complexity index is 608. The number of hydrogen-bond acceptors (Lipinski definition) is 6. The van der Waals surface area contributed by atoms with Crippen LogP contribution in [0.25, 0.3) is 5.65 Å². The Kier molecular flexibility index (Phi) is 1.96. The Balaban J connectivity index is 2.47. The van der Waals surface area contributed by atoms with Gasteiger partial charge in [-0.05, 0) is 0 Å². The molecule has 7 nitrogen and oxygen atoms in total. The lowest BCUT2D eigenvalue weighted by atomic mass is 10.4. The molecule has 2 aromatic rings. The molecule has 0 spiro atoms. The number of nitrogens with zero attached hydrogens (tertiary/aromatic N) is 3. The highest BCUT2D eigenvalue weighted by Gasteiger charge is 2.10. The third-order valence-electron chi connectivity index (χ3n) is 1.52. The van der Waals surface area contributed by atoms with Crippen LogP contribution in [0.1, 0.15) is 0 Å². The summed E-state index contributed by atoms with van der Waals surface area (Å²) in [4.78, 5) is 3.74. The summed E-state index contributed by atoms with van der Waals surface area (Å²) in [5, 5.41) is 3.74. The minimum absolute atomic E-state index is 0.0234. The van der Waals surface area contributed by atoms with Crippen molar-refractivity contribution in [3.05, 3.63) is 18.3 Å². The Labute approximate surface area is 83.7 Å². The average Bonchev–Trinajstić information content (AvgIpc) is 2.40. The van der Waals surface area contributed by atoms with E-state index in [0.29, 0.717) is 0 Å². The van der Waals surface area contributed by atoms with Gasteiger partial charge >= 0.3 is 10.5 Å². The van der Waals surface area contributed by atoms with Crippen LogP contribution in [0.3, 0.4) is 0 Å². The van der Waals surface area contributed by atoms with Crippen molar-refractivity contribution >= 4 is 22.1 Å². The summed E-state index contributed by atoms with van der Waals surface area (Å²) in [7, 11) is -5.03. The molecule has 0 fully saturated rings. The van der Waals surface area contributed by atoms with Crippen molar-refractivity contribution in [1.29, 1.82) is 0 Å². The van der Waals surface area contributed by atoms with Crippen LogP contribution in [0.5, 0.6) is 5.75 Å². The molecule has 0 aliphatic heterocycles. The summed E-state index contributed by atoms with van der Waals surface area (Å²) >= 11 is 0. The standard InChI is InChI=1S/C6H5FN4O3S/c7-15(12,13)14-4-1-2-11-5(3-4)9-6(8)10-11/h1-3H,(H2,8,10). The summed E-state index contributed by atoms with van der Waals surface area (Å²) < 4.78 is 37.8. The predicted octanol–water partition coefficient (Wildman–Crippen LogP) is -0.0954. The van der Waals surface area contributed by atoms with E-state index in [9.17, 15) is 12.3 Å². The number of rotatable bonds is 2. The Morgan fingerprint density at radius 3 is 2.93 bits per heavy atom. The lowest BCUT2D eigenvalue weighted by molar-refractivity contribution is 0.440. The van der Waals surface area contributed by atoms with Gasteiger partial charge in [-0.2, -0.15) is 13.4 Å². The van der Waals surface area contributed by atoms with Crippen molar-refractivity contribution in [3.8, 4) is 5.75 Å². The SMILES string of the molecule is Nc1nc2cc(OS(=O)(=O)F)ccn2n1. The van der Waals surface area contributed by atoms with E-state index in [-0.39, 0.29) is 17.3 Å². The minimum atomic E-state index is -5.03. The maximum atomic E-state index is 12.2. The third kappa shape index (κ3) is 2.13. The molecule has 2 heterocycles. The van der Waals surface area contributed by atoms with E-state index in [1.165, 1.54) is 22.8 Å². The van der Waals surface area contributed by atoms with Gasteiger partial charge in [0.05, 0.1) is 0 Å². The van der Waals surface area contributed by atoms with Crippen LogP contribution >= 0.6 is 0 Å². The molecule has 0 saturated heterocycles. The second kappa shape index (κ2) is 3.05. The first-order valence-corrected chi connectivity index (χ1v) is 5.01. The van der Waals surface area contributed by atoms with E-state index >= 15 is 0 Å². The summed E-state index contributed by atoms with van der Waals surface area (Å²) in [6, 6.07) is 2.42. The fourth-order valence-corrected chi connectivity index (χ4v) is 1.38. The van der Waals surface area contributed by atoms with Crippen LogP contribution in [0.2, 0.25) is 0 Å². The van der Waals surface area contributed by atoms with Crippen molar-refractivity contribution in [1.82, 2.24) is 14.6 Å². The summed E-state index contributed by atoms with van der Waals surface area (Å²) in [6.07, 6.45) is 1.35. The molecule has 0 radical (unpaired) electrons. The second-order valence-electron chi connectivity index (χ2n) is 2.61. The van der Waals surface area contributed by atoms with Crippen molar-refractivity contribution in [2.24, 2.45) is 0 Å². The molecular formula is C6H5FN4O3S. The topological polar surface area (TPSA) is 99.6 Å². The predicted molar refractivity (Wildman–Crippen MR) is 48.1 cm³/mol. The van der Waals surface area contributed by atoms with Gasteiger partial charge in [0, 0.05) is 18.3 Å². The van der Waals surface area contributed by atoms with Gasteiger partial charge in [-0.25, -0.2) is 4.52 Å². The number of pyridine rings is 1. The summed E-state index contributed by atoms with van der Waals surface area (Å²) in [5.74, 6) is -0.173. The molecule has 9 heteroatoms. The van der Waals surface area contributed by atoms with Crippen LogP contribution in [0.4, 0.5) is 9.83 Å². The number of aromatic nitrogens is 3. The van der Waals surface area contributed by atoms with Gasteiger partial charge < -0.3 is 9.92 Å². The van der Waals surface area contributed by atoms with E-state index in [1.54, 1.807) is 0 Å². The number of nitrogen functional groups attached to an aromatic ring is 1. The molecule has 0 atom stereocenters. The third-order valence-corrected chi connectivity index (χ3v) is 1.91. The molecule has 80 valence electrons.